The number of methoxy groups -OCH3 is 2. The fraction of sp³-hybridized carbons (Fsp3) is 0.250. The molecule has 35 heavy (non-hydrogen) atoms. The summed E-state index contributed by atoms with van der Waals surface area (Å²) < 4.78 is 21.7. The number of hydrogen-bond donors (Lipinski definition) is 2. The van der Waals surface area contributed by atoms with Crippen LogP contribution >= 0.6 is 0 Å². The van der Waals surface area contributed by atoms with Gasteiger partial charge in [-0.15, -0.1) is 0 Å². The zero-order chi connectivity index (χ0) is 24.9. The van der Waals surface area contributed by atoms with Crippen molar-refractivity contribution in [3.05, 3.63) is 96.1 Å². The van der Waals surface area contributed by atoms with Gasteiger partial charge in [-0.3, -0.25) is 0 Å². The van der Waals surface area contributed by atoms with Crippen molar-refractivity contribution in [1.82, 2.24) is 5.32 Å². The highest BCUT2D eigenvalue weighted by molar-refractivity contribution is 6.21. The van der Waals surface area contributed by atoms with Gasteiger partial charge in [0.05, 0.1) is 19.2 Å². The third kappa shape index (κ3) is 8.57. The second-order valence-corrected chi connectivity index (χ2v) is 7.70. The van der Waals surface area contributed by atoms with Gasteiger partial charge < -0.3 is 29.4 Å². The minimum Gasteiger partial charge on any atom is -0.491 e. The van der Waals surface area contributed by atoms with Crippen molar-refractivity contribution in [2.45, 2.75) is 12.4 Å². The van der Waals surface area contributed by atoms with Crippen molar-refractivity contribution in [3.8, 4) is 11.5 Å². The summed E-state index contributed by atoms with van der Waals surface area (Å²) in [6, 6.07) is 26.0. The van der Waals surface area contributed by atoms with E-state index in [1.165, 1.54) is 7.11 Å². The van der Waals surface area contributed by atoms with Gasteiger partial charge in [0, 0.05) is 13.7 Å². The minimum atomic E-state index is -0.729. The highest BCUT2D eigenvalue weighted by atomic mass is 16.7. The molecule has 0 bridgehead atoms. The molecule has 7 heteroatoms. The highest BCUT2D eigenvalue weighted by Crippen LogP contribution is 2.22. The molecule has 0 heterocycles. The third-order valence-electron chi connectivity index (χ3n) is 5.09. The average Bonchev–Trinajstić information content (AvgIpc) is 2.91. The molecule has 0 fully saturated rings. The number of carbonyl (C=O) groups excluding carboxylic acids is 1. The number of aliphatic hydroxyl groups excluding tert-OH is 1. The van der Waals surface area contributed by atoms with Gasteiger partial charge in [-0.2, -0.15) is 0 Å². The van der Waals surface area contributed by atoms with Gasteiger partial charge in [0.15, 0.2) is 0 Å². The lowest BCUT2D eigenvalue weighted by atomic mass is 10.0. The molecule has 0 aromatic heterocycles. The molecule has 3 aromatic carbocycles. The van der Waals surface area contributed by atoms with Crippen LogP contribution in [0.25, 0.3) is 11.6 Å². The van der Waals surface area contributed by atoms with Gasteiger partial charge in [0.1, 0.15) is 24.2 Å². The Morgan fingerprint density at radius 2 is 1.54 bits per heavy atom. The summed E-state index contributed by atoms with van der Waals surface area (Å²) in [5.41, 5.74) is 2.05. The molecule has 0 amide bonds. The fourth-order valence-electron chi connectivity index (χ4n) is 3.26. The molecule has 7 nitrogen and oxygen atoms in total. The average molecular weight is 478 g/mol. The number of nitrogens with one attached hydrogen (secondary N) is 1. The lowest BCUT2D eigenvalue weighted by Gasteiger charge is -2.19. The van der Waals surface area contributed by atoms with Crippen molar-refractivity contribution in [3.63, 3.8) is 0 Å². The van der Waals surface area contributed by atoms with Crippen molar-refractivity contribution < 1.29 is 28.8 Å². The van der Waals surface area contributed by atoms with Gasteiger partial charge in [0.25, 0.3) is 0 Å². The van der Waals surface area contributed by atoms with E-state index in [4.69, 9.17) is 18.9 Å². The molecule has 0 saturated carbocycles. The minimum absolute atomic E-state index is 0.104. The number of carbonyl (C=O) groups is 1. The molecular weight excluding hydrogens is 446 g/mol. The first-order valence-corrected chi connectivity index (χ1v) is 11.3. The summed E-state index contributed by atoms with van der Waals surface area (Å²) >= 11 is 0. The second-order valence-electron chi connectivity index (χ2n) is 7.70. The Bertz CT molecular complexity index is 1050. The van der Waals surface area contributed by atoms with Crippen LogP contribution in [-0.4, -0.2) is 57.4 Å². The molecule has 2 atom stereocenters. The molecule has 0 aliphatic heterocycles. The third-order valence-corrected chi connectivity index (χ3v) is 5.09. The van der Waals surface area contributed by atoms with E-state index in [0.717, 1.165) is 5.56 Å². The Labute approximate surface area is 205 Å². The number of para-hydroxylation sites is 1. The van der Waals surface area contributed by atoms with E-state index in [0.29, 0.717) is 35.7 Å². The molecule has 0 radical (unpaired) electrons. The Morgan fingerprint density at radius 1 is 0.886 bits per heavy atom. The van der Waals surface area contributed by atoms with E-state index in [1.807, 2.05) is 60.7 Å². The first-order valence-electron chi connectivity index (χ1n) is 11.3. The number of aliphatic hydroxyl groups is 1. The van der Waals surface area contributed by atoms with Crippen LogP contribution in [0, 0.1) is 0 Å². The number of rotatable bonds is 13. The molecule has 3 rings (SSSR count). The van der Waals surface area contributed by atoms with Crippen LogP contribution in [0.3, 0.4) is 0 Å². The number of hydrogen-bond acceptors (Lipinski definition) is 7. The maximum Gasteiger partial charge on any atom is 0.338 e. The Hall–Kier alpha value is -3.65. The summed E-state index contributed by atoms with van der Waals surface area (Å²) in [5.74, 6) is 0.871. The molecule has 0 aliphatic rings. The van der Waals surface area contributed by atoms with E-state index in [2.05, 4.69) is 5.32 Å². The van der Waals surface area contributed by atoms with Gasteiger partial charge >= 0.3 is 5.97 Å². The first-order chi connectivity index (χ1) is 17.1. The molecular formula is C28H31NO6. The van der Waals surface area contributed by atoms with Crippen LogP contribution in [0.4, 0.5) is 0 Å². The Morgan fingerprint density at radius 3 is 2.17 bits per heavy atom. The lowest BCUT2D eigenvalue weighted by Crippen LogP contribution is -2.38. The predicted molar refractivity (Wildman–Crippen MR) is 135 cm³/mol. The van der Waals surface area contributed by atoms with Gasteiger partial charge in [-0.25, -0.2) is 4.79 Å². The molecule has 0 saturated heterocycles. The van der Waals surface area contributed by atoms with E-state index < -0.39 is 18.4 Å². The first kappa shape index (κ1) is 26.0. The van der Waals surface area contributed by atoms with Crippen LogP contribution in [0.5, 0.6) is 11.5 Å². The standard InChI is InChI=1S/C28H31NO6/c1-32-27(35-25-11-7-4-8-12-25)19-29-18-23(30)20-34-24-15-13-22(14-16-24)26(28(31)33-2)17-21-9-5-3-6-10-21/h3-17,23,27,29-30H,18-20H2,1-2H3. The zero-order valence-corrected chi connectivity index (χ0v) is 19.9. The SMILES string of the molecule is COC(=O)C(=Cc1ccccc1)c1ccc(OCC(O)CNCC(OC)Oc2ccccc2)cc1. The van der Waals surface area contributed by atoms with Crippen LogP contribution < -0.4 is 14.8 Å². The largest absolute Gasteiger partial charge is 0.491 e. The van der Waals surface area contributed by atoms with E-state index in [-0.39, 0.29) is 6.61 Å². The molecule has 2 N–H and O–H groups in total. The summed E-state index contributed by atoms with van der Waals surface area (Å²) in [6.07, 6.45) is 0.574. The number of benzene rings is 3. The van der Waals surface area contributed by atoms with Crippen molar-refractivity contribution in [1.29, 1.82) is 0 Å². The number of esters is 1. The van der Waals surface area contributed by atoms with Gasteiger partial charge in [0.2, 0.25) is 6.29 Å². The summed E-state index contributed by atoms with van der Waals surface area (Å²) in [4.78, 5) is 12.3. The molecule has 0 aliphatic carbocycles. The smallest absolute Gasteiger partial charge is 0.338 e. The maximum atomic E-state index is 12.3. The summed E-state index contributed by atoms with van der Waals surface area (Å²) in [5, 5.41) is 13.4. The normalized spacial score (nSPS) is 13.1. The van der Waals surface area contributed by atoms with Gasteiger partial charge in [-0.1, -0.05) is 60.7 Å². The topological polar surface area (TPSA) is 86.3 Å². The maximum absolute atomic E-state index is 12.3. The van der Waals surface area contributed by atoms with Gasteiger partial charge in [-0.05, 0) is 41.5 Å². The number of ether oxygens (including phenoxy) is 4. The van der Waals surface area contributed by atoms with Crippen LogP contribution in [-0.2, 0) is 14.3 Å². The predicted octanol–water partition coefficient (Wildman–Crippen LogP) is 3.78. The molecule has 3 aromatic rings. The Kier molecular flexibility index (Phi) is 10.3. The fourth-order valence-corrected chi connectivity index (χ4v) is 3.26. The molecule has 184 valence electrons. The van der Waals surface area contributed by atoms with Crippen molar-refractivity contribution in [2.24, 2.45) is 0 Å². The van der Waals surface area contributed by atoms with Crippen LogP contribution in [0.1, 0.15) is 11.1 Å². The van der Waals surface area contributed by atoms with Crippen LogP contribution in [0.15, 0.2) is 84.9 Å². The van der Waals surface area contributed by atoms with E-state index >= 15 is 0 Å². The highest BCUT2D eigenvalue weighted by Gasteiger charge is 2.14. The molecule has 0 spiro atoms. The summed E-state index contributed by atoms with van der Waals surface area (Å²) in [7, 11) is 2.93. The molecule has 2 unspecified atom stereocenters. The lowest BCUT2D eigenvalue weighted by molar-refractivity contribution is -0.133. The monoisotopic (exact) mass is 477 g/mol. The van der Waals surface area contributed by atoms with Crippen molar-refractivity contribution >= 4 is 17.6 Å². The summed E-state index contributed by atoms with van der Waals surface area (Å²) in [6.45, 7) is 0.816. The van der Waals surface area contributed by atoms with E-state index in [9.17, 15) is 9.90 Å². The zero-order valence-electron chi connectivity index (χ0n) is 19.9. The quantitative estimate of drug-likeness (QED) is 0.168. The Balaban J connectivity index is 1.48. The van der Waals surface area contributed by atoms with Crippen LogP contribution in [0.2, 0.25) is 0 Å². The van der Waals surface area contributed by atoms with E-state index in [1.54, 1.807) is 37.5 Å². The second kappa shape index (κ2) is 13.9. The van der Waals surface area contributed by atoms with Crippen molar-refractivity contribution in [2.75, 3.05) is 33.9 Å².